The lowest BCUT2D eigenvalue weighted by Gasteiger charge is -2.38. The first-order chi connectivity index (χ1) is 27.7. The number of alkyl carbamates (subject to hydrolysis) is 1. The summed E-state index contributed by atoms with van der Waals surface area (Å²) in [5, 5.41) is 4.79. The molecule has 7 nitrogen and oxygen atoms in total. The summed E-state index contributed by atoms with van der Waals surface area (Å²) >= 11 is 0. The van der Waals surface area contributed by atoms with E-state index in [0.717, 1.165) is 44.5 Å². The second-order valence-corrected chi connectivity index (χ2v) is 15.1. The first-order valence-corrected chi connectivity index (χ1v) is 19.4. The van der Waals surface area contributed by atoms with Crippen LogP contribution in [0.2, 0.25) is 0 Å². The zero-order valence-electron chi connectivity index (χ0n) is 32.9. The Bertz CT molecular complexity index is 2470. The molecule has 1 atom stereocenters. The van der Waals surface area contributed by atoms with Gasteiger partial charge in [-0.1, -0.05) is 117 Å². The van der Waals surface area contributed by atoms with Gasteiger partial charge in [-0.3, -0.25) is 0 Å². The van der Waals surface area contributed by atoms with Crippen LogP contribution in [0.1, 0.15) is 48.6 Å². The third-order valence-electron chi connectivity index (χ3n) is 10.9. The van der Waals surface area contributed by atoms with Crippen molar-refractivity contribution in [2.75, 3.05) is 40.1 Å². The van der Waals surface area contributed by atoms with Gasteiger partial charge in [0.05, 0.1) is 20.3 Å². The third-order valence-corrected chi connectivity index (χ3v) is 10.9. The predicted octanol–water partition coefficient (Wildman–Crippen LogP) is 10.9. The van der Waals surface area contributed by atoms with E-state index < -0.39 is 11.7 Å². The van der Waals surface area contributed by atoms with Crippen LogP contribution < -0.4 is 19.5 Å². The standard InChI is InChI=1S/C50H47NO6/c1-33(2)32-54-27-26-51-48(52)56-29-28-55-38-19-17-37(18-20-38)50(36-14-10-7-11-15-36)25-24-42-46-45(40-23-21-39(53-5)31-43(40)47(42)57-50)41-22-16-35(30-44(41)49(46,3)4)34-12-8-6-9-13-34/h6-25,30-31H,1,26-29,32H2,2-5H3,(H,51,52). The van der Waals surface area contributed by atoms with E-state index in [4.69, 9.17) is 23.7 Å². The molecule has 7 heteroatoms. The fourth-order valence-corrected chi connectivity index (χ4v) is 8.18. The molecule has 0 saturated carbocycles. The minimum Gasteiger partial charge on any atom is -0.497 e. The maximum atomic E-state index is 12.1. The molecule has 1 aliphatic heterocycles. The highest BCUT2D eigenvalue weighted by Gasteiger charge is 2.44. The Morgan fingerprint density at radius 2 is 1.49 bits per heavy atom. The van der Waals surface area contributed by atoms with Crippen molar-refractivity contribution in [1.82, 2.24) is 5.32 Å². The molecule has 1 amide bonds. The van der Waals surface area contributed by atoms with Gasteiger partial charge in [0.15, 0.2) is 5.60 Å². The number of methoxy groups -OCH3 is 1. The number of nitrogens with one attached hydrogen (secondary N) is 1. The lowest BCUT2D eigenvalue weighted by molar-refractivity contribution is 0.117. The number of rotatable bonds is 13. The molecule has 1 aliphatic carbocycles. The number of amides is 1. The van der Waals surface area contributed by atoms with Crippen LogP contribution in [0.3, 0.4) is 0 Å². The summed E-state index contributed by atoms with van der Waals surface area (Å²) in [7, 11) is 1.70. The SMILES string of the molecule is C=C(C)COCCNC(=O)OCCOc1ccc(C2(c3ccccc3)C=Cc3c4c(c5ccc(OC)cc5c3O2)-c2ccc(-c3ccccc3)cc2C4(C)C)cc1. The van der Waals surface area contributed by atoms with Gasteiger partial charge in [-0.05, 0) is 88.2 Å². The highest BCUT2D eigenvalue weighted by Crippen LogP contribution is 2.58. The highest BCUT2D eigenvalue weighted by atomic mass is 16.6. The van der Waals surface area contributed by atoms with Gasteiger partial charge in [0.1, 0.15) is 30.5 Å². The molecule has 0 fully saturated rings. The van der Waals surface area contributed by atoms with Crippen LogP contribution in [0.5, 0.6) is 17.2 Å². The second-order valence-electron chi connectivity index (χ2n) is 15.1. The number of hydrogen-bond donors (Lipinski definition) is 1. The average molecular weight is 758 g/mol. The number of ether oxygens (including phenoxy) is 5. The molecule has 0 radical (unpaired) electrons. The first-order valence-electron chi connectivity index (χ1n) is 19.4. The summed E-state index contributed by atoms with van der Waals surface area (Å²) in [5.41, 5.74) is 10.1. The molecule has 6 aromatic carbocycles. The predicted molar refractivity (Wildman–Crippen MR) is 227 cm³/mol. The summed E-state index contributed by atoms with van der Waals surface area (Å²) in [6.45, 7) is 11.8. The van der Waals surface area contributed by atoms with Gasteiger partial charge in [-0.15, -0.1) is 0 Å². The molecular weight excluding hydrogens is 711 g/mol. The van der Waals surface area contributed by atoms with Gasteiger partial charge in [0.2, 0.25) is 0 Å². The molecule has 0 spiro atoms. The number of carbonyl (C=O) groups is 1. The molecule has 0 aromatic heterocycles. The lowest BCUT2D eigenvalue weighted by Crippen LogP contribution is -2.35. The van der Waals surface area contributed by atoms with Crippen molar-refractivity contribution in [2.45, 2.75) is 31.8 Å². The smallest absolute Gasteiger partial charge is 0.407 e. The van der Waals surface area contributed by atoms with E-state index in [0.29, 0.717) is 25.5 Å². The van der Waals surface area contributed by atoms with E-state index in [1.807, 2.05) is 55.5 Å². The minimum atomic E-state index is -0.942. The van der Waals surface area contributed by atoms with E-state index in [2.05, 4.69) is 111 Å². The fourth-order valence-electron chi connectivity index (χ4n) is 8.18. The zero-order chi connectivity index (χ0) is 39.6. The van der Waals surface area contributed by atoms with Crippen LogP contribution in [-0.4, -0.2) is 46.2 Å². The fraction of sp³-hybridized carbons (Fsp3) is 0.220. The van der Waals surface area contributed by atoms with Crippen molar-refractivity contribution in [1.29, 1.82) is 0 Å². The summed E-state index contributed by atoms with van der Waals surface area (Å²) in [5.74, 6) is 2.23. The van der Waals surface area contributed by atoms with Crippen molar-refractivity contribution in [3.05, 3.63) is 167 Å². The quantitative estimate of drug-likeness (QED) is 0.0934. The molecule has 6 aromatic rings. The second kappa shape index (κ2) is 15.7. The van der Waals surface area contributed by atoms with Gasteiger partial charge >= 0.3 is 6.09 Å². The molecule has 1 heterocycles. The van der Waals surface area contributed by atoms with Gasteiger partial charge < -0.3 is 29.0 Å². The summed E-state index contributed by atoms with van der Waals surface area (Å²) in [6, 6.07) is 42.0. The highest BCUT2D eigenvalue weighted by molar-refractivity contribution is 6.09. The molecule has 1 unspecified atom stereocenters. The van der Waals surface area contributed by atoms with Crippen molar-refractivity contribution in [3.63, 3.8) is 0 Å². The zero-order valence-corrected chi connectivity index (χ0v) is 32.9. The molecule has 2 aliphatic rings. The molecule has 288 valence electrons. The van der Waals surface area contributed by atoms with Gasteiger partial charge in [0.25, 0.3) is 0 Å². The minimum absolute atomic E-state index is 0.103. The summed E-state index contributed by atoms with van der Waals surface area (Å²) in [6.07, 6.45) is 3.94. The van der Waals surface area contributed by atoms with E-state index in [9.17, 15) is 4.79 Å². The van der Waals surface area contributed by atoms with Gasteiger partial charge in [-0.2, -0.15) is 0 Å². The largest absolute Gasteiger partial charge is 0.497 e. The molecule has 8 rings (SSSR count). The molecule has 57 heavy (non-hydrogen) atoms. The van der Waals surface area contributed by atoms with Gasteiger partial charge in [-0.25, -0.2) is 4.79 Å². The van der Waals surface area contributed by atoms with Crippen LogP contribution >= 0.6 is 0 Å². The van der Waals surface area contributed by atoms with Crippen LogP contribution in [0.25, 0.3) is 39.1 Å². The topological polar surface area (TPSA) is 75.3 Å². The normalized spacial score (nSPS) is 15.9. The Balaban J connectivity index is 1.12. The number of fused-ring (bicyclic) bond motifs is 8. The Hall–Kier alpha value is -6.31. The van der Waals surface area contributed by atoms with Crippen LogP contribution in [0, 0.1) is 0 Å². The number of benzene rings is 6. The molecule has 0 bridgehead atoms. The van der Waals surface area contributed by atoms with E-state index in [-0.39, 0.29) is 18.6 Å². The monoisotopic (exact) mass is 757 g/mol. The van der Waals surface area contributed by atoms with Gasteiger partial charge in [0, 0.05) is 34.0 Å². The lowest BCUT2D eigenvalue weighted by atomic mass is 9.76. The van der Waals surface area contributed by atoms with Crippen molar-refractivity contribution in [3.8, 4) is 39.5 Å². The maximum Gasteiger partial charge on any atom is 0.407 e. The Morgan fingerprint density at radius 1 is 0.772 bits per heavy atom. The summed E-state index contributed by atoms with van der Waals surface area (Å²) in [4.78, 5) is 12.1. The van der Waals surface area contributed by atoms with E-state index >= 15 is 0 Å². The molecular formula is C50H47NO6. The Morgan fingerprint density at radius 3 is 2.23 bits per heavy atom. The maximum absolute atomic E-state index is 12.1. The Kier molecular flexibility index (Phi) is 10.3. The summed E-state index contributed by atoms with van der Waals surface area (Å²) < 4.78 is 29.9. The third kappa shape index (κ3) is 7.15. The van der Waals surface area contributed by atoms with Crippen LogP contribution in [0.15, 0.2) is 140 Å². The van der Waals surface area contributed by atoms with E-state index in [1.54, 1.807) is 7.11 Å². The first kappa shape index (κ1) is 37.6. The molecule has 0 saturated heterocycles. The van der Waals surface area contributed by atoms with E-state index in [1.165, 1.54) is 33.4 Å². The van der Waals surface area contributed by atoms with Crippen molar-refractivity contribution in [2.24, 2.45) is 0 Å². The average Bonchev–Trinajstić information content (AvgIpc) is 3.48. The Labute approximate surface area is 334 Å². The number of carbonyl (C=O) groups excluding carboxylic acids is 1. The van der Waals surface area contributed by atoms with Crippen molar-refractivity contribution >= 4 is 22.9 Å². The number of hydrogen-bond acceptors (Lipinski definition) is 6. The van der Waals surface area contributed by atoms with Crippen LogP contribution in [0.4, 0.5) is 4.79 Å². The van der Waals surface area contributed by atoms with Crippen molar-refractivity contribution < 1.29 is 28.5 Å². The van der Waals surface area contributed by atoms with Crippen LogP contribution in [-0.2, 0) is 20.5 Å². The molecule has 1 N–H and O–H groups in total.